The van der Waals surface area contributed by atoms with E-state index in [2.05, 4.69) is 21.4 Å². The molecule has 1 fully saturated rings. The van der Waals surface area contributed by atoms with Crippen LogP contribution < -0.4 is 20.5 Å². The Hall–Kier alpha value is -2.83. The molecule has 0 radical (unpaired) electrons. The fourth-order valence-corrected chi connectivity index (χ4v) is 3.90. The number of piperidine rings is 1. The molecule has 1 aromatic carbocycles. The third kappa shape index (κ3) is 4.03. The lowest BCUT2D eigenvalue weighted by Crippen LogP contribution is -2.44. The van der Waals surface area contributed by atoms with Crippen LogP contribution in [0.25, 0.3) is 0 Å². The number of hydrogen-bond donors (Lipinski definition) is 1. The molecule has 3 heterocycles. The molecule has 0 unspecified atom stereocenters. The molecule has 1 atom stereocenters. The molecular weight excluding hydrogens is 356 g/mol. The van der Waals surface area contributed by atoms with E-state index in [0.717, 1.165) is 50.2 Å². The summed E-state index contributed by atoms with van der Waals surface area (Å²) in [6.45, 7) is 2.40. The van der Waals surface area contributed by atoms with Gasteiger partial charge in [-0.15, -0.1) is 0 Å². The second kappa shape index (κ2) is 8.04. The van der Waals surface area contributed by atoms with Crippen molar-refractivity contribution in [3.8, 4) is 5.75 Å². The summed E-state index contributed by atoms with van der Waals surface area (Å²) in [4.78, 5) is 26.5. The number of nitrogens with one attached hydrogen (secondary N) is 1. The van der Waals surface area contributed by atoms with Gasteiger partial charge in [-0.1, -0.05) is 18.2 Å². The van der Waals surface area contributed by atoms with Crippen LogP contribution >= 0.6 is 0 Å². The topological polar surface area (TPSA) is 76.5 Å². The van der Waals surface area contributed by atoms with Crippen molar-refractivity contribution in [1.29, 1.82) is 0 Å². The van der Waals surface area contributed by atoms with Crippen LogP contribution in [0.2, 0.25) is 0 Å². The third-order valence-electron chi connectivity index (χ3n) is 5.71. The normalized spacial score (nSPS) is 19.6. The average molecular weight is 382 g/mol. The molecule has 0 spiro atoms. The molecule has 1 aromatic heterocycles. The Labute approximate surface area is 164 Å². The second-order valence-corrected chi connectivity index (χ2v) is 7.60. The molecule has 0 saturated carbocycles. The van der Waals surface area contributed by atoms with Gasteiger partial charge in [0.2, 0.25) is 0 Å². The molecule has 2 aliphatic heterocycles. The van der Waals surface area contributed by atoms with Crippen LogP contribution in [-0.2, 0) is 18.3 Å². The van der Waals surface area contributed by atoms with Crippen LogP contribution in [-0.4, -0.2) is 41.4 Å². The molecule has 1 N–H and O–H groups in total. The fourth-order valence-electron chi connectivity index (χ4n) is 3.90. The molecule has 7 nitrogen and oxygen atoms in total. The Morgan fingerprint density at radius 3 is 2.82 bits per heavy atom. The van der Waals surface area contributed by atoms with Crippen molar-refractivity contribution < 1.29 is 9.53 Å². The van der Waals surface area contributed by atoms with E-state index in [0.29, 0.717) is 12.5 Å². The Kier molecular flexibility index (Phi) is 5.32. The zero-order valence-corrected chi connectivity index (χ0v) is 16.1. The molecule has 28 heavy (non-hydrogen) atoms. The lowest BCUT2D eigenvalue weighted by molar-refractivity contribution is -0.128. The van der Waals surface area contributed by atoms with E-state index < -0.39 is 6.10 Å². The number of benzene rings is 1. The summed E-state index contributed by atoms with van der Waals surface area (Å²) < 4.78 is 7.20. The van der Waals surface area contributed by atoms with Crippen molar-refractivity contribution in [3.05, 3.63) is 52.4 Å². The number of carbonyl (C=O) groups excluding carboxylic acids is 1. The Morgan fingerprint density at radius 1 is 1.25 bits per heavy atom. The summed E-state index contributed by atoms with van der Waals surface area (Å²) in [6, 6.07) is 9.54. The molecule has 2 aromatic rings. The highest BCUT2D eigenvalue weighted by molar-refractivity contribution is 5.81. The largest absolute Gasteiger partial charge is 0.480 e. The molecule has 148 valence electrons. The number of aryl methyl sites for hydroxylation is 2. The minimum absolute atomic E-state index is 0.0207. The number of anilines is 1. The number of hydrogen-bond acceptors (Lipinski definition) is 5. The molecule has 1 saturated heterocycles. The van der Waals surface area contributed by atoms with Crippen LogP contribution in [0, 0.1) is 5.92 Å². The van der Waals surface area contributed by atoms with Gasteiger partial charge in [0, 0.05) is 32.7 Å². The smallest absolute Gasteiger partial charge is 0.268 e. The molecule has 1 amide bonds. The number of nitrogens with zero attached hydrogens (tertiary/aromatic N) is 3. The first-order chi connectivity index (χ1) is 13.6. The van der Waals surface area contributed by atoms with Gasteiger partial charge >= 0.3 is 0 Å². The van der Waals surface area contributed by atoms with E-state index in [9.17, 15) is 9.59 Å². The minimum Gasteiger partial charge on any atom is -0.480 e. The molecule has 4 rings (SSSR count). The molecule has 0 bridgehead atoms. The number of amides is 1. The van der Waals surface area contributed by atoms with Crippen molar-refractivity contribution >= 4 is 11.6 Å². The van der Waals surface area contributed by atoms with Gasteiger partial charge < -0.3 is 15.0 Å². The highest BCUT2D eigenvalue weighted by Crippen LogP contribution is 2.27. The average Bonchev–Trinajstić information content (AvgIpc) is 2.74. The van der Waals surface area contributed by atoms with E-state index in [1.165, 1.54) is 10.2 Å². The van der Waals surface area contributed by atoms with Crippen molar-refractivity contribution in [2.24, 2.45) is 13.0 Å². The fraction of sp³-hybridized carbons (Fsp3) is 0.476. The number of aromatic nitrogens is 2. The van der Waals surface area contributed by atoms with Gasteiger partial charge in [-0.05, 0) is 43.2 Å². The van der Waals surface area contributed by atoms with Crippen LogP contribution in [0.15, 0.2) is 41.3 Å². The molecule has 7 heteroatoms. The SMILES string of the molecule is Cn1ncc(N2CCC(CNC(=O)[C@H]3CCc4ccccc4O3)CC2)cc1=O. The van der Waals surface area contributed by atoms with Crippen LogP contribution in [0.1, 0.15) is 24.8 Å². The maximum absolute atomic E-state index is 12.5. The highest BCUT2D eigenvalue weighted by atomic mass is 16.5. The Bertz CT molecular complexity index is 903. The lowest BCUT2D eigenvalue weighted by atomic mass is 9.96. The lowest BCUT2D eigenvalue weighted by Gasteiger charge is -2.33. The Balaban J connectivity index is 1.25. The van der Waals surface area contributed by atoms with Gasteiger partial charge in [0.15, 0.2) is 6.10 Å². The summed E-state index contributed by atoms with van der Waals surface area (Å²) in [6.07, 6.45) is 4.88. The summed E-state index contributed by atoms with van der Waals surface area (Å²) >= 11 is 0. The van der Waals surface area contributed by atoms with Crippen LogP contribution in [0.5, 0.6) is 5.75 Å². The van der Waals surface area contributed by atoms with Gasteiger partial charge in [-0.2, -0.15) is 5.10 Å². The number of ether oxygens (including phenoxy) is 1. The first kappa shape index (κ1) is 18.5. The Morgan fingerprint density at radius 2 is 2.04 bits per heavy atom. The predicted molar refractivity (Wildman–Crippen MR) is 107 cm³/mol. The maximum atomic E-state index is 12.5. The summed E-state index contributed by atoms with van der Waals surface area (Å²) in [5.41, 5.74) is 1.95. The first-order valence-corrected chi connectivity index (χ1v) is 9.91. The minimum atomic E-state index is -0.401. The van der Waals surface area contributed by atoms with E-state index in [1.54, 1.807) is 19.3 Å². The van der Waals surface area contributed by atoms with Crippen LogP contribution in [0.3, 0.4) is 0 Å². The maximum Gasteiger partial charge on any atom is 0.268 e. The summed E-state index contributed by atoms with van der Waals surface area (Å²) in [5, 5.41) is 7.17. The monoisotopic (exact) mass is 382 g/mol. The molecular formula is C21H26N4O3. The van der Waals surface area contributed by atoms with Crippen molar-refractivity contribution in [1.82, 2.24) is 15.1 Å². The van der Waals surface area contributed by atoms with Crippen molar-refractivity contribution in [3.63, 3.8) is 0 Å². The van der Waals surface area contributed by atoms with Gasteiger partial charge in [0.1, 0.15) is 5.75 Å². The van der Waals surface area contributed by atoms with E-state index in [4.69, 9.17) is 4.74 Å². The second-order valence-electron chi connectivity index (χ2n) is 7.60. The number of fused-ring (bicyclic) bond motifs is 1. The number of rotatable bonds is 4. The van der Waals surface area contributed by atoms with Crippen molar-refractivity contribution in [2.75, 3.05) is 24.5 Å². The predicted octanol–water partition coefficient (Wildman–Crippen LogP) is 1.51. The summed E-state index contributed by atoms with van der Waals surface area (Å²) in [5.74, 6) is 1.24. The molecule has 2 aliphatic rings. The zero-order valence-electron chi connectivity index (χ0n) is 16.1. The van der Waals surface area contributed by atoms with Gasteiger partial charge in [0.25, 0.3) is 11.5 Å². The van der Waals surface area contributed by atoms with E-state index in [1.807, 2.05) is 18.2 Å². The quantitative estimate of drug-likeness (QED) is 0.867. The van der Waals surface area contributed by atoms with E-state index in [-0.39, 0.29) is 11.5 Å². The third-order valence-corrected chi connectivity index (χ3v) is 5.71. The van der Waals surface area contributed by atoms with Crippen molar-refractivity contribution in [2.45, 2.75) is 31.8 Å². The van der Waals surface area contributed by atoms with Gasteiger partial charge in [-0.3, -0.25) is 9.59 Å². The first-order valence-electron chi connectivity index (χ1n) is 9.91. The zero-order chi connectivity index (χ0) is 19.5. The van der Waals surface area contributed by atoms with Crippen LogP contribution in [0.4, 0.5) is 5.69 Å². The molecule has 0 aliphatic carbocycles. The number of carbonyl (C=O) groups is 1. The standard InChI is InChI=1S/C21H26N4O3/c1-24-20(26)12-17(14-23-24)25-10-8-15(9-11-25)13-22-21(27)19-7-6-16-4-2-3-5-18(16)28-19/h2-5,12,14-15,19H,6-11,13H2,1H3,(H,22,27)/t19-/m1/s1. The number of para-hydroxylation sites is 1. The van der Waals surface area contributed by atoms with Gasteiger partial charge in [-0.25, -0.2) is 4.68 Å². The summed E-state index contributed by atoms with van der Waals surface area (Å²) in [7, 11) is 1.65. The van der Waals surface area contributed by atoms with Gasteiger partial charge in [0.05, 0.1) is 11.9 Å². The highest BCUT2D eigenvalue weighted by Gasteiger charge is 2.27. The van der Waals surface area contributed by atoms with E-state index >= 15 is 0 Å².